The molecule has 13 heavy (non-hydrogen) atoms. The predicted octanol–water partition coefficient (Wildman–Crippen LogP) is 2.79. The molecule has 0 aromatic heterocycles. The number of halogens is 1. The molecular formula is C10H10ClN2+. The highest BCUT2D eigenvalue weighted by Crippen LogP contribution is 2.26. The quantitative estimate of drug-likeness (QED) is 0.609. The topological polar surface area (TPSA) is 12.4 Å². The summed E-state index contributed by atoms with van der Waals surface area (Å²) in [5, 5.41) is 5.06. The second-order valence-electron chi connectivity index (χ2n) is 3.11. The van der Waals surface area contributed by atoms with Crippen LogP contribution in [0.4, 0.5) is 5.69 Å². The van der Waals surface area contributed by atoms with Gasteiger partial charge in [-0.15, -0.1) is 4.59 Å². The first-order valence-electron chi connectivity index (χ1n) is 4.06. The van der Waals surface area contributed by atoms with Gasteiger partial charge < -0.3 is 0 Å². The van der Waals surface area contributed by atoms with Crippen molar-refractivity contribution in [2.75, 3.05) is 7.05 Å². The summed E-state index contributed by atoms with van der Waals surface area (Å²) in [5.41, 5.74) is 1.07. The highest BCUT2D eigenvalue weighted by molar-refractivity contribution is 6.30. The van der Waals surface area contributed by atoms with E-state index >= 15 is 0 Å². The van der Waals surface area contributed by atoms with E-state index in [1.165, 1.54) is 0 Å². The van der Waals surface area contributed by atoms with Crippen molar-refractivity contribution in [3.8, 4) is 0 Å². The molecule has 1 aliphatic heterocycles. The molecule has 0 N–H and O–H groups in total. The first kappa shape index (κ1) is 8.48. The van der Waals surface area contributed by atoms with Crippen LogP contribution in [0.3, 0.4) is 0 Å². The molecule has 0 saturated carbocycles. The van der Waals surface area contributed by atoms with Crippen LogP contribution in [0, 0.1) is 0 Å². The van der Waals surface area contributed by atoms with Gasteiger partial charge >= 0.3 is 0 Å². The van der Waals surface area contributed by atoms with E-state index in [0.29, 0.717) is 4.59 Å². The molecular weight excluding hydrogens is 184 g/mol. The van der Waals surface area contributed by atoms with Crippen LogP contribution in [0.25, 0.3) is 0 Å². The van der Waals surface area contributed by atoms with Gasteiger partial charge in [0.05, 0.1) is 6.21 Å². The zero-order chi connectivity index (χ0) is 9.31. The smallest absolute Gasteiger partial charge is 0.143 e. The van der Waals surface area contributed by atoms with E-state index < -0.39 is 0 Å². The Morgan fingerprint density at radius 3 is 2.85 bits per heavy atom. The molecule has 1 heterocycles. The standard InChI is InChI=1S/C10H10ClN2/c1-13(7-3-6-12-13)10-5-2-4-9(11)8-10/h2-8H,1H3/q+1. The largest absolute Gasteiger partial charge is 0.165 e. The van der Waals surface area contributed by atoms with Crippen LogP contribution in [0.1, 0.15) is 0 Å². The second kappa shape index (κ2) is 2.98. The van der Waals surface area contributed by atoms with E-state index in [4.69, 9.17) is 11.6 Å². The van der Waals surface area contributed by atoms with Gasteiger partial charge in [0.15, 0.2) is 5.69 Å². The number of benzene rings is 1. The summed E-state index contributed by atoms with van der Waals surface area (Å²) in [7, 11) is 2.01. The fourth-order valence-corrected chi connectivity index (χ4v) is 1.52. The minimum absolute atomic E-state index is 0.445. The Morgan fingerprint density at radius 1 is 1.38 bits per heavy atom. The Kier molecular flexibility index (Phi) is 1.94. The molecule has 0 saturated heterocycles. The lowest BCUT2D eigenvalue weighted by Crippen LogP contribution is -2.30. The third-order valence-electron chi connectivity index (χ3n) is 2.10. The third-order valence-corrected chi connectivity index (χ3v) is 2.33. The van der Waals surface area contributed by atoms with E-state index in [-0.39, 0.29) is 0 Å². The van der Waals surface area contributed by atoms with Gasteiger partial charge in [-0.2, -0.15) is 0 Å². The zero-order valence-electron chi connectivity index (χ0n) is 7.31. The summed E-state index contributed by atoms with van der Waals surface area (Å²) in [5.74, 6) is 0. The van der Waals surface area contributed by atoms with Crippen LogP contribution >= 0.6 is 11.6 Å². The van der Waals surface area contributed by atoms with Gasteiger partial charge in [0.1, 0.15) is 13.2 Å². The molecule has 1 atom stereocenters. The summed E-state index contributed by atoms with van der Waals surface area (Å²) >= 11 is 5.90. The van der Waals surface area contributed by atoms with Gasteiger partial charge in [-0.25, -0.2) is 0 Å². The molecule has 0 aliphatic carbocycles. The molecule has 2 nitrogen and oxygen atoms in total. The Morgan fingerprint density at radius 2 is 2.23 bits per heavy atom. The lowest BCUT2D eigenvalue weighted by atomic mass is 10.3. The van der Waals surface area contributed by atoms with E-state index in [2.05, 4.69) is 5.10 Å². The van der Waals surface area contributed by atoms with Gasteiger partial charge in [-0.05, 0) is 6.07 Å². The van der Waals surface area contributed by atoms with Crippen molar-refractivity contribution in [3.63, 3.8) is 0 Å². The van der Waals surface area contributed by atoms with Crippen LogP contribution in [0.2, 0.25) is 5.02 Å². The van der Waals surface area contributed by atoms with Crippen LogP contribution in [0.15, 0.2) is 41.6 Å². The number of allylic oxidation sites excluding steroid dienone is 1. The van der Waals surface area contributed by atoms with Crippen molar-refractivity contribution >= 4 is 23.5 Å². The minimum Gasteiger partial charge on any atom is -0.143 e. The van der Waals surface area contributed by atoms with Gasteiger partial charge in [0.25, 0.3) is 0 Å². The Balaban J connectivity index is 2.46. The summed E-state index contributed by atoms with van der Waals surface area (Å²) in [4.78, 5) is 0. The fourth-order valence-electron chi connectivity index (χ4n) is 1.33. The Hall–Kier alpha value is -1.12. The maximum atomic E-state index is 5.90. The number of quaternary nitrogens is 1. The van der Waals surface area contributed by atoms with Crippen molar-refractivity contribution < 1.29 is 0 Å². The summed E-state index contributed by atoms with van der Waals surface area (Å²) in [6.45, 7) is 0. The molecule has 3 heteroatoms. The normalized spacial score (nSPS) is 25.4. The zero-order valence-corrected chi connectivity index (χ0v) is 8.07. The molecule has 0 bridgehead atoms. The first-order chi connectivity index (χ1) is 6.21. The minimum atomic E-state index is 0.445. The molecule has 0 radical (unpaired) electrons. The lowest BCUT2D eigenvalue weighted by Gasteiger charge is -2.19. The van der Waals surface area contributed by atoms with E-state index in [0.717, 1.165) is 10.7 Å². The van der Waals surface area contributed by atoms with Crippen LogP contribution in [-0.4, -0.2) is 13.3 Å². The summed E-state index contributed by atoms with van der Waals surface area (Å²) in [6.07, 6.45) is 5.73. The van der Waals surface area contributed by atoms with Gasteiger partial charge in [-0.3, -0.25) is 0 Å². The van der Waals surface area contributed by atoms with Crippen molar-refractivity contribution in [2.24, 2.45) is 5.10 Å². The maximum Gasteiger partial charge on any atom is 0.165 e. The van der Waals surface area contributed by atoms with Crippen LogP contribution in [-0.2, 0) is 0 Å². The number of rotatable bonds is 1. The number of hydrogen-bond donors (Lipinski definition) is 0. The Bertz CT molecular complexity index is 370. The molecule has 1 aliphatic rings. The van der Waals surface area contributed by atoms with Gasteiger partial charge in [0.2, 0.25) is 0 Å². The number of hydrogen-bond acceptors (Lipinski definition) is 1. The Labute approximate surface area is 82.3 Å². The average molecular weight is 194 g/mol. The van der Waals surface area contributed by atoms with Crippen LogP contribution < -0.4 is 4.59 Å². The molecule has 1 aromatic carbocycles. The average Bonchev–Trinajstić information content (AvgIpc) is 2.54. The van der Waals surface area contributed by atoms with E-state index in [9.17, 15) is 0 Å². The van der Waals surface area contributed by atoms with Crippen molar-refractivity contribution in [2.45, 2.75) is 0 Å². The highest BCUT2D eigenvalue weighted by atomic mass is 35.5. The molecule has 0 amide bonds. The summed E-state index contributed by atoms with van der Waals surface area (Å²) in [6, 6.07) is 7.73. The molecule has 0 spiro atoms. The summed E-state index contributed by atoms with van der Waals surface area (Å²) < 4.78 is 0.445. The molecule has 1 unspecified atom stereocenters. The van der Waals surface area contributed by atoms with Crippen molar-refractivity contribution in [1.82, 2.24) is 4.59 Å². The maximum absolute atomic E-state index is 5.90. The molecule has 0 fully saturated rings. The van der Waals surface area contributed by atoms with Gasteiger partial charge in [0, 0.05) is 23.2 Å². The van der Waals surface area contributed by atoms with Gasteiger partial charge in [-0.1, -0.05) is 22.8 Å². The van der Waals surface area contributed by atoms with E-state index in [1.54, 1.807) is 6.21 Å². The predicted molar refractivity (Wildman–Crippen MR) is 56.8 cm³/mol. The molecule has 2 rings (SSSR count). The fraction of sp³-hybridized carbons (Fsp3) is 0.100. The SMILES string of the molecule is C[N+]1(c2cccc(Cl)c2)C=CC=N1. The van der Waals surface area contributed by atoms with Crippen molar-refractivity contribution in [3.05, 3.63) is 41.6 Å². The van der Waals surface area contributed by atoms with Crippen molar-refractivity contribution in [1.29, 1.82) is 0 Å². The monoisotopic (exact) mass is 193 g/mol. The highest BCUT2D eigenvalue weighted by Gasteiger charge is 2.23. The number of nitrogens with zero attached hydrogens (tertiary/aromatic N) is 2. The van der Waals surface area contributed by atoms with Crippen LogP contribution in [0.5, 0.6) is 0 Å². The third kappa shape index (κ3) is 1.50. The molecule has 66 valence electrons. The first-order valence-corrected chi connectivity index (χ1v) is 4.44. The lowest BCUT2D eigenvalue weighted by molar-refractivity contribution is 0.485. The molecule has 1 aromatic rings. The van der Waals surface area contributed by atoms with E-state index in [1.807, 2.05) is 43.6 Å². The second-order valence-corrected chi connectivity index (χ2v) is 3.55.